The molecule has 0 radical (unpaired) electrons. The minimum absolute atomic E-state index is 0.704. The van der Waals surface area contributed by atoms with Gasteiger partial charge >= 0.3 is 0 Å². The monoisotopic (exact) mass is 400 g/mol. The molecule has 3 heterocycles. The Morgan fingerprint density at radius 1 is 1.19 bits per heavy atom. The molecule has 0 amide bonds. The van der Waals surface area contributed by atoms with E-state index in [1.165, 1.54) is 30.8 Å². The summed E-state index contributed by atoms with van der Waals surface area (Å²) in [5, 5.41) is 5.60. The normalized spacial score (nSPS) is 19.9. The molecule has 5 nitrogen and oxygen atoms in total. The lowest BCUT2D eigenvalue weighted by Crippen LogP contribution is -3.12. The highest BCUT2D eigenvalue weighted by Gasteiger charge is 2.22. The summed E-state index contributed by atoms with van der Waals surface area (Å²) in [6, 6.07) is 11.6. The summed E-state index contributed by atoms with van der Waals surface area (Å²) in [4.78, 5) is 5.66. The minimum atomic E-state index is 0.704. The summed E-state index contributed by atoms with van der Waals surface area (Å²) in [6.45, 7) is 5.46. The molecule has 1 saturated heterocycles. The number of likely N-dealkylation sites (tertiary alicyclic amines) is 1. The Bertz CT molecular complexity index is 964. The van der Waals surface area contributed by atoms with Gasteiger partial charge in [-0.15, -0.1) is 5.10 Å². The zero-order valence-corrected chi connectivity index (χ0v) is 16.9. The molecule has 0 spiro atoms. The lowest BCUT2D eigenvalue weighted by Gasteiger charge is -2.27. The lowest BCUT2D eigenvalue weighted by molar-refractivity contribution is -0.931. The van der Waals surface area contributed by atoms with Crippen molar-refractivity contribution >= 4 is 23.8 Å². The molecule has 2 atom stereocenters. The second-order valence-electron chi connectivity index (χ2n) is 7.26. The first-order chi connectivity index (χ1) is 13.1. The van der Waals surface area contributed by atoms with E-state index in [0.717, 1.165) is 29.7 Å². The van der Waals surface area contributed by atoms with E-state index in [-0.39, 0.29) is 0 Å². The van der Waals surface area contributed by atoms with Crippen LogP contribution < -0.4 is 4.90 Å². The third kappa shape index (κ3) is 3.98. The second kappa shape index (κ2) is 7.92. The highest BCUT2D eigenvalue weighted by Crippen LogP contribution is 2.23. The van der Waals surface area contributed by atoms with Gasteiger partial charge in [0, 0.05) is 28.9 Å². The van der Waals surface area contributed by atoms with E-state index in [4.69, 9.17) is 28.9 Å². The standard InChI is InChI=1S/C20H22ClN5S/c1-15-3-2-12-24(13-15)14-25-20(27)26(18-6-4-17(21)5-7-18)19(23-25)16-8-10-22-11-9-16/h4-11,15H,2-3,12-14H2,1H3/p+1/t15-/m1/s1. The first-order valence-electron chi connectivity index (χ1n) is 9.31. The number of hydrogen-bond acceptors (Lipinski definition) is 3. The minimum Gasteiger partial charge on any atom is -0.316 e. The van der Waals surface area contributed by atoms with Crippen LogP contribution in [0, 0.1) is 10.7 Å². The van der Waals surface area contributed by atoms with Crippen LogP contribution in [0.15, 0.2) is 48.8 Å². The van der Waals surface area contributed by atoms with Crippen LogP contribution in [-0.4, -0.2) is 32.4 Å². The van der Waals surface area contributed by atoms with E-state index in [2.05, 4.69) is 11.9 Å². The summed E-state index contributed by atoms with van der Waals surface area (Å²) in [5.41, 5.74) is 1.95. The van der Waals surface area contributed by atoms with Crippen LogP contribution in [0.4, 0.5) is 0 Å². The molecule has 1 N–H and O–H groups in total. The van der Waals surface area contributed by atoms with Crippen LogP contribution in [0.25, 0.3) is 17.1 Å². The van der Waals surface area contributed by atoms with E-state index in [1.54, 1.807) is 12.4 Å². The molecule has 0 aliphatic carbocycles. The van der Waals surface area contributed by atoms with Gasteiger partial charge in [-0.1, -0.05) is 18.5 Å². The van der Waals surface area contributed by atoms with Crippen molar-refractivity contribution in [1.82, 2.24) is 19.3 Å². The predicted molar refractivity (Wildman–Crippen MR) is 110 cm³/mol. The smallest absolute Gasteiger partial charge is 0.207 e. The average molecular weight is 401 g/mol. The van der Waals surface area contributed by atoms with Crippen molar-refractivity contribution in [1.29, 1.82) is 0 Å². The molecule has 2 aromatic heterocycles. The van der Waals surface area contributed by atoms with Crippen LogP contribution in [0.5, 0.6) is 0 Å². The maximum atomic E-state index is 6.08. The first kappa shape index (κ1) is 18.3. The van der Waals surface area contributed by atoms with Crippen LogP contribution in [0.2, 0.25) is 5.02 Å². The molecule has 1 fully saturated rings. The Kier molecular flexibility index (Phi) is 5.38. The van der Waals surface area contributed by atoms with Crippen molar-refractivity contribution in [2.75, 3.05) is 13.1 Å². The summed E-state index contributed by atoms with van der Waals surface area (Å²) in [7, 11) is 0. The van der Waals surface area contributed by atoms with Gasteiger partial charge in [0.15, 0.2) is 12.5 Å². The number of nitrogens with zero attached hydrogens (tertiary/aromatic N) is 4. The van der Waals surface area contributed by atoms with Crippen LogP contribution >= 0.6 is 23.8 Å². The van der Waals surface area contributed by atoms with Crippen molar-refractivity contribution in [3.8, 4) is 17.1 Å². The van der Waals surface area contributed by atoms with E-state index in [0.29, 0.717) is 9.79 Å². The number of aromatic nitrogens is 4. The fraction of sp³-hybridized carbons (Fsp3) is 0.350. The van der Waals surface area contributed by atoms with Gasteiger partial charge in [-0.05, 0) is 61.5 Å². The second-order valence-corrected chi connectivity index (χ2v) is 8.06. The average Bonchev–Trinajstić information content (AvgIpc) is 3.00. The van der Waals surface area contributed by atoms with Crippen molar-refractivity contribution < 1.29 is 4.90 Å². The van der Waals surface area contributed by atoms with Gasteiger partial charge in [0.2, 0.25) is 4.77 Å². The maximum absolute atomic E-state index is 6.08. The highest BCUT2D eigenvalue weighted by atomic mass is 35.5. The number of benzene rings is 1. The van der Waals surface area contributed by atoms with E-state index < -0.39 is 0 Å². The van der Waals surface area contributed by atoms with Gasteiger partial charge < -0.3 is 4.90 Å². The van der Waals surface area contributed by atoms with Gasteiger partial charge in [0.25, 0.3) is 0 Å². The number of quaternary nitrogens is 1. The summed E-state index contributed by atoms with van der Waals surface area (Å²) in [5.74, 6) is 1.58. The molecule has 3 aromatic rings. The zero-order chi connectivity index (χ0) is 18.8. The lowest BCUT2D eigenvalue weighted by atomic mass is 10.0. The molecule has 4 rings (SSSR count). The molecule has 1 unspecified atom stereocenters. The predicted octanol–water partition coefficient (Wildman–Crippen LogP) is 3.39. The molecule has 7 heteroatoms. The third-order valence-electron chi connectivity index (χ3n) is 5.10. The fourth-order valence-electron chi connectivity index (χ4n) is 3.77. The number of rotatable bonds is 4. The Hall–Kier alpha value is -2.02. The Balaban J connectivity index is 1.77. The van der Waals surface area contributed by atoms with Gasteiger partial charge in [-0.2, -0.15) is 4.68 Å². The number of halogens is 1. The van der Waals surface area contributed by atoms with Crippen LogP contribution in [0.3, 0.4) is 0 Å². The molecule has 0 bridgehead atoms. The molecular weight excluding hydrogens is 378 g/mol. The Morgan fingerprint density at radius 2 is 1.93 bits per heavy atom. The van der Waals surface area contributed by atoms with Crippen molar-refractivity contribution in [3.05, 3.63) is 58.6 Å². The fourth-order valence-corrected chi connectivity index (χ4v) is 4.20. The number of nitrogens with one attached hydrogen (secondary N) is 1. The third-order valence-corrected chi connectivity index (χ3v) is 5.75. The van der Waals surface area contributed by atoms with Gasteiger partial charge in [0.1, 0.15) is 0 Å². The van der Waals surface area contributed by atoms with Crippen molar-refractivity contribution in [2.24, 2.45) is 5.92 Å². The van der Waals surface area contributed by atoms with Crippen LogP contribution in [-0.2, 0) is 6.67 Å². The molecule has 27 heavy (non-hydrogen) atoms. The quantitative estimate of drug-likeness (QED) is 0.682. The number of pyridine rings is 1. The largest absolute Gasteiger partial charge is 0.316 e. The van der Waals surface area contributed by atoms with Gasteiger partial charge in [0.05, 0.1) is 18.8 Å². The molecule has 140 valence electrons. The molecule has 1 aromatic carbocycles. The highest BCUT2D eigenvalue weighted by molar-refractivity contribution is 7.71. The molecule has 1 aliphatic rings. The Morgan fingerprint density at radius 3 is 2.63 bits per heavy atom. The SMILES string of the molecule is C[C@@H]1CCC[NH+](Cn2nc(-c3ccncc3)n(-c3ccc(Cl)cc3)c2=S)C1. The van der Waals surface area contributed by atoms with Crippen LogP contribution in [0.1, 0.15) is 19.8 Å². The molecule has 1 aliphatic heterocycles. The maximum Gasteiger partial charge on any atom is 0.207 e. The number of hydrogen-bond donors (Lipinski definition) is 1. The summed E-state index contributed by atoms with van der Waals surface area (Å²) >= 11 is 11.9. The van der Waals surface area contributed by atoms with Crippen molar-refractivity contribution in [3.63, 3.8) is 0 Å². The zero-order valence-electron chi connectivity index (χ0n) is 15.3. The topological polar surface area (TPSA) is 40.1 Å². The van der Waals surface area contributed by atoms with E-state index in [1.807, 2.05) is 45.6 Å². The first-order valence-corrected chi connectivity index (χ1v) is 10.1. The van der Waals surface area contributed by atoms with E-state index >= 15 is 0 Å². The van der Waals surface area contributed by atoms with E-state index in [9.17, 15) is 0 Å². The molecule has 0 saturated carbocycles. The molecular formula is C20H23ClN5S+. The summed E-state index contributed by atoms with van der Waals surface area (Å²) in [6.07, 6.45) is 6.14. The summed E-state index contributed by atoms with van der Waals surface area (Å²) < 4.78 is 4.69. The number of piperidine rings is 1. The van der Waals surface area contributed by atoms with Crippen molar-refractivity contribution in [2.45, 2.75) is 26.4 Å². The van der Waals surface area contributed by atoms with Gasteiger partial charge in [-0.25, -0.2) is 0 Å². The van der Waals surface area contributed by atoms with Gasteiger partial charge in [-0.3, -0.25) is 9.55 Å². The Labute approximate surface area is 169 Å².